The van der Waals surface area contributed by atoms with Gasteiger partial charge < -0.3 is 34.2 Å². The molecule has 4 N–H and O–H groups in total. The van der Waals surface area contributed by atoms with E-state index in [-0.39, 0.29) is 19.3 Å². The third-order valence-corrected chi connectivity index (χ3v) is 19.3. The Morgan fingerprint density at radius 3 is 0.771 bits per heavy atom. The summed E-state index contributed by atoms with van der Waals surface area (Å²) in [4.78, 5) is 58.8. The van der Waals surface area contributed by atoms with Crippen LogP contribution in [0.4, 0.5) is 0 Å². The van der Waals surface area contributed by atoms with E-state index in [1.807, 2.05) is 0 Å². The Kier molecular flexibility index (Phi) is 78.5. The number of unbranched alkanes of at least 4 members (excludes halogenated alkanes) is 28. The molecule has 0 aromatic carbocycles. The van der Waals surface area contributed by atoms with Gasteiger partial charge in [-0.3, -0.25) is 32.5 Å². The van der Waals surface area contributed by atoms with Crippen molar-refractivity contribution < 1.29 is 75.8 Å². The highest BCUT2D eigenvalue weighted by Gasteiger charge is 2.29. The predicted molar refractivity (Wildman–Crippen MR) is 454 cm³/mol. The number of rotatable bonds is 79. The van der Waals surface area contributed by atoms with Gasteiger partial charge in [-0.1, -0.05) is 326 Å². The summed E-state index contributed by atoms with van der Waals surface area (Å²) in [5, 5.41) is 20.7. The number of esters is 3. The van der Waals surface area contributed by atoms with E-state index in [0.717, 1.165) is 186 Å². The van der Waals surface area contributed by atoms with Crippen LogP contribution in [-0.4, -0.2) is 95.9 Å². The molecule has 0 fully saturated rings. The molecule has 0 spiro atoms. The second kappa shape index (κ2) is 82.4. The molecule has 109 heavy (non-hydrogen) atoms. The van der Waals surface area contributed by atoms with E-state index in [1.165, 1.54) is 83.5 Å². The van der Waals surface area contributed by atoms with Gasteiger partial charge >= 0.3 is 33.6 Å². The van der Waals surface area contributed by atoms with Crippen LogP contribution >= 0.6 is 15.6 Å². The molecule has 0 aromatic heterocycles. The van der Waals surface area contributed by atoms with Crippen molar-refractivity contribution in [2.45, 2.75) is 347 Å². The van der Waals surface area contributed by atoms with Crippen LogP contribution in [0.25, 0.3) is 0 Å². The Labute approximate surface area is 662 Å². The maximum Gasteiger partial charge on any atom is 0.472 e. The fourth-order valence-corrected chi connectivity index (χ4v) is 12.6. The first-order valence-corrected chi connectivity index (χ1v) is 45.4. The largest absolute Gasteiger partial charge is 0.472 e. The first-order chi connectivity index (χ1) is 53.2. The molecule has 0 aliphatic carbocycles. The first-order valence-electron chi connectivity index (χ1n) is 42.4. The SMILES string of the molecule is CC/C=C\C/C=C\C/C=C\C/C=C\C/C=C\C/C=C\CCCCCCCCCCCCCCCCC(=O)OCC(O)COP(=O)(O)OCC(O)COP(=O)(O)OCC(COC(=O)CCCCCCC/C=C\C/C=C\C/C=C\C/C=C\C/C=C\CC)OC(=O)CCCCCCCC/C=C\C/C=C\C/C=C\CCCCC. The highest BCUT2D eigenvalue weighted by atomic mass is 31.2. The van der Waals surface area contributed by atoms with Crippen LogP contribution < -0.4 is 0 Å². The molecule has 0 saturated carbocycles. The number of carbonyl (C=O) groups is 3. The van der Waals surface area contributed by atoms with Gasteiger partial charge in [0.25, 0.3) is 0 Å². The Morgan fingerprint density at radius 1 is 0.266 bits per heavy atom. The number of carbonyl (C=O) groups excluding carboxylic acids is 3. The number of hydrogen-bond donors (Lipinski definition) is 4. The molecule has 0 rings (SSSR count). The van der Waals surface area contributed by atoms with Gasteiger partial charge in [0.05, 0.1) is 26.4 Å². The fraction of sp³-hybridized carbons (Fsp3) is 0.659. The van der Waals surface area contributed by atoms with Crippen molar-refractivity contribution in [3.8, 4) is 0 Å². The number of allylic oxidation sites excluding steroid dienone is 28. The van der Waals surface area contributed by atoms with Crippen molar-refractivity contribution in [3.05, 3.63) is 170 Å². The van der Waals surface area contributed by atoms with Crippen LogP contribution in [0.2, 0.25) is 0 Å². The summed E-state index contributed by atoms with van der Waals surface area (Å²) in [6.07, 6.45) is 105. The maximum absolute atomic E-state index is 13.0. The van der Waals surface area contributed by atoms with Crippen molar-refractivity contribution in [2.24, 2.45) is 0 Å². The first kappa shape index (κ1) is 104. The number of hydrogen-bond acceptors (Lipinski definition) is 14. The van der Waals surface area contributed by atoms with Crippen molar-refractivity contribution in [1.82, 2.24) is 0 Å². The van der Waals surface area contributed by atoms with Crippen molar-refractivity contribution in [2.75, 3.05) is 39.6 Å². The van der Waals surface area contributed by atoms with E-state index in [9.17, 15) is 43.5 Å². The molecule has 0 aliphatic heterocycles. The minimum Gasteiger partial charge on any atom is -0.463 e. The summed E-state index contributed by atoms with van der Waals surface area (Å²) in [7, 11) is -9.82. The molecule has 0 saturated heterocycles. The number of aliphatic hydroxyl groups is 2. The average molecular weight is 1560 g/mol. The topological polar surface area (TPSA) is 231 Å². The average Bonchev–Trinajstić information content (AvgIpc) is 0.896. The van der Waals surface area contributed by atoms with Crippen molar-refractivity contribution in [3.63, 3.8) is 0 Å². The number of phosphoric ester groups is 2. The van der Waals surface area contributed by atoms with E-state index in [1.54, 1.807) is 0 Å². The minimum absolute atomic E-state index is 0.0807. The monoisotopic (exact) mass is 1560 g/mol. The zero-order valence-corrected chi connectivity index (χ0v) is 70.0. The van der Waals surface area contributed by atoms with Crippen LogP contribution in [-0.2, 0) is 55.8 Å². The maximum atomic E-state index is 13.0. The van der Waals surface area contributed by atoms with Gasteiger partial charge in [-0.2, -0.15) is 0 Å². The normalized spacial score (nSPS) is 14.7. The second-order valence-corrected chi connectivity index (χ2v) is 30.8. The zero-order valence-electron chi connectivity index (χ0n) is 68.2. The van der Waals surface area contributed by atoms with Crippen LogP contribution in [0.1, 0.15) is 329 Å². The number of ether oxygens (including phenoxy) is 3. The van der Waals surface area contributed by atoms with E-state index in [0.29, 0.717) is 19.3 Å². The summed E-state index contributed by atoms with van der Waals surface area (Å²) in [5.41, 5.74) is 0. The molecule has 5 unspecified atom stereocenters. The lowest BCUT2D eigenvalue weighted by molar-refractivity contribution is -0.161. The molecule has 0 bridgehead atoms. The molecule has 0 aliphatic rings. The van der Waals surface area contributed by atoms with Gasteiger partial charge in [0, 0.05) is 19.3 Å². The lowest BCUT2D eigenvalue weighted by atomic mass is 10.0. The number of aliphatic hydroxyl groups excluding tert-OH is 2. The van der Waals surface area contributed by atoms with E-state index < -0.39 is 91.5 Å². The van der Waals surface area contributed by atoms with Gasteiger partial charge in [-0.15, -0.1) is 0 Å². The molecule has 16 nitrogen and oxygen atoms in total. The zero-order chi connectivity index (χ0) is 79.4. The summed E-state index contributed by atoms with van der Waals surface area (Å²) in [6, 6.07) is 0. The van der Waals surface area contributed by atoms with E-state index in [4.69, 9.17) is 32.3 Å². The summed E-state index contributed by atoms with van der Waals surface area (Å²) < 4.78 is 61.3. The highest BCUT2D eigenvalue weighted by Crippen LogP contribution is 2.45. The molecule has 0 amide bonds. The lowest BCUT2D eigenvalue weighted by Crippen LogP contribution is -2.30. The predicted octanol–water partition coefficient (Wildman–Crippen LogP) is 25.5. The van der Waals surface area contributed by atoms with Crippen LogP contribution in [0, 0.1) is 0 Å². The molecule has 0 aromatic rings. The van der Waals surface area contributed by atoms with Gasteiger partial charge in [-0.05, 0) is 154 Å². The standard InChI is InChI=1S/C91H152O16P2/c1-4-7-10-13-16-19-22-25-28-31-34-36-37-38-39-40-41-42-43-44-45-46-47-49-52-53-56-59-62-65-68-71-74-77-89(94)101-80-86(92)81-103-108(97,98)104-82-87(93)83-105-109(99,100)106-85-88(107-91(96)79-76-73-70-67-64-61-58-55-50-33-30-27-24-21-18-15-12-9-6-3)84-102-90(95)78-75-72-69-66-63-60-57-54-51-48-35-32-29-26-23-20-17-14-11-8-5-2/h7-8,10-11,16-21,25-30,34-36,38-39,41-42,48,50,54-55,57,86-88,92-93H,4-6,9,12-15,22-24,31-33,37,40,43-47,49,51-53,56,58-85H2,1-3H3,(H,97,98)(H,99,100)/b10-7-,11-8-,19-16-,20-17-,21-18-,28-25-,29-26-,30-27-,36-34-,39-38-,42-41-,48-35-,55-50-,57-54-. The third kappa shape index (κ3) is 83.7. The molecule has 622 valence electrons. The highest BCUT2D eigenvalue weighted by molar-refractivity contribution is 7.47. The molecular formula is C91H152O16P2. The second-order valence-electron chi connectivity index (χ2n) is 27.9. The Morgan fingerprint density at radius 2 is 0.486 bits per heavy atom. The van der Waals surface area contributed by atoms with Gasteiger partial charge in [0.2, 0.25) is 0 Å². The fourth-order valence-electron chi connectivity index (χ4n) is 11.0. The van der Waals surface area contributed by atoms with E-state index >= 15 is 0 Å². The van der Waals surface area contributed by atoms with Gasteiger partial charge in [-0.25, -0.2) is 9.13 Å². The molecule has 0 heterocycles. The van der Waals surface area contributed by atoms with Crippen LogP contribution in [0.15, 0.2) is 170 Å². The van der Waals surface area contributed by atoms with Gasteiger partial charge in [0.1, 0.15) is 25.4 Å². The van der Waals surface area contributed by atoms with Crippen LogP contribution in [0.5, 0.6) is 0 Å². The molecule has 18 heteroatoms. The smallest absolute Gasteiger partial charge is 0.463 e. The quantitative estimate of drug-likeness (QED) is 0.0146. The summed E-state index contributed by atoms with van der Waals surface area (Å²) in [5.74, 6) is -1.61. The molecule has 0 radical (unpaired) electrons. The van der Waals surface area contributed by atoms with Crippen LogP contribution in [0.3, 0.4) is 0 Å². The van der Waals surface area contributed by atoms with Crippen molar-refractivity contribution in [1.29, 1.82) is 0 Å². The Bertz CT molecular complexity index is 2660. The minimum atomic E-state index is -4.95. The molecule has 5 atom stereocenters. The summed E-state index contributed by atoms with van der Waals surface area (Å²) in [6.45, 7) is 2.40. The van der Waals surface area contributed by atoms with Crippen molar-refractivity contribution >= 4 is 33.6 Å². The molecular weight excluding hydrogens is 1410 g/mol. The number of phosphoric acid groups is 2. The summed E-state index contributed by atoms with van der Waals surface area (Å²) >= 11 is 0. The van der Waals surface area contributed by atoms with Gasteiger partial charge in [0.15, 0.2) is 6.10 Å². The third-order valence-electron chi connectivity index (χ3n) is 17.4. The Hall–Kier alpha value is -5.09. The van der Waals surface area contributed by atoms with E-state index in [2.05, 4.69) is 191 Å². The lowest BCUT2D eigenvalue weighted by Gasteiger charge is -2.21. The Balaban J connectivity index is 4.56.